The minimum Gasteiger partial charge on any atom is -0.493 e. The third-order valence-electron chi connectivity index (χ3n) is 4.73. The molecule has 0 spiro atoms. The summed E-state index contributed by atoms with van der Waals surface area (Å²) in [5.41, 5.74) is 0.782. The van der Waals surface area contributed by atoms with Gasteiger partial charge in [-0.15, -0.1) is 0 Å². The van der Waals surface area contributed by atoms with Gasteiger partial charge in [0.25, 0.3) is 5.62 Å². The first kappa shape index (κ1) is 19.2. The Labute approximate surface area is 178 Å². The van der Waals surface area contributed by atoms with Crippen LogP contribution in [0.1, 0.15) is 24.1 Å². The lowest BCUT2D eigenvalue weighted by Crippen LogP contribution is -2.24. The molecule has 0 radical (unpaired) electrons. The first-order chi connectivity index (χ1) is 15.0. The minimum atomic E-state index is -0.537. The molecule has 1 saturated carbocycles. The van der Waals surface area contributed by atoms with Gasteiger partial charge in [0.05, 0.1) is 17.3 Å². The number of imidazole rings is 1. The molecule has 158 valence electrons. The van der Waals surface area contributed by atoms with Crippen LogP contribution >= 0.6 is 11.6 Å². The number of H-pyrrole nitrogens is 2. The molecule has 0 aliphatic heterocycles. The molecule has 0 unspecified atom stereocenters. The quantitative estimate of drug-likeness (QED) is 0.362. The summed E-state index contributed by atoms with van der Waals surface area (Å²) in [5.74, 6) is -0.574. The molecule has 1 aliphatic carbocycles. The number of halogens is 2. The number of benzene rings is 1. The summed E-state index contributed by atoms with van der Waals surface area (Å²) >= 11 is 5.85. The van der Waals surface area contributed by atoms with Crippen molar-refractivity contribution in [2.24, 2.45) is 4.99 Å². The number of rotatable bonds is 5. The molecule has 4 N–H and O–H groups in total. The van der Waals surface area contributed by atoms with E-state index in [9.17, 15) is 14.3 Å². The van der Waals surface area contributed by atoms with Gasteiger partial charge < -0.3 is 15.4 Å². The van der Waals surface area contributed by atoms with Crippen LogP contribution in [0, 0.1) is 5.82 Å². The SMILES string of the molecule is O=c1[nH]c(O)c(C=c2cnn3c(=NC4CC4)nc(NCc4cccc(Cl)c4F)nc23)[nH]1. The fourth-order valence-corrected chi connectivity index (χ4v) is 3.21. The van der Waals surface area contributed by atoms with E-state index >= 15 is 0 Å². The van der Waals surface area contributed by atoms with Gasteiger partial charge in [0.2, 0.25) is 11.8 Å². The van der Waals surface area contributed by atoms with E-state index in [2.05, 4.69) is 35.3 Å². The van der Waals surface area contributed by atoms with E-state index in [4.69, 9.17) is 11.6 Å². The number of hydrogen-bond donors (Lipinski definition) is 4. The molecule has 3 aromatic heterocycles. The number of aromatic nitrogens is 6. The van der Waals surface area contributed by atoms with E-state index in [-0.39, 0.29) is 35.1 Å². The zero-order valence-electron chi connectivity index (χ0n) is 15.9. The highest BCUT2D eigenvalue weighted by atomic mass is 35.5. The topological polar surface area (TPSA) is 136 Å². The Morgan fingerprint density at radius 3 is 2.94 bits per heavy atom. The van der Waals surface area contributed by atoms with Crippen LogP contribution < -0.4 is 21.8 Å². The predicted molar refractivity (Wildman–Crippen MR) is 110 cm³/mol. The second-order valence-corrected chi connectivity index (χ2v) is 7.50. The molecule has 10 nitrogen and oxygen atoms in total. The molecule has 0 amide bonds. The van der Waals surface area contributed by atoms with E-state index in [1.807, 2.05) is 0 Å². The summed E-state index contributed by atoms with van der Waals surface area (Å²) in [7, 11) is 0. The number of anilines is 1. The molecule has 0 saturated heterocycles. The average Bonchev–Trinajstić information content (AvgIpc) is 3.37. The summed E-state index contributed by atoms with van der Waals surface area (Å²) in [6.45, 7) is 0.116. The number of nitrogens with one attached hydrogen (secondary N) is 3. The van der Waals surface area contributed by atoms with Crippen LogP contribution in [0.4, 0.5) is 10.3 Å². The second-order valence-electron chi connectivity index (χ2n) is 7.10. The van der Waals surface area contributed by atoms with E-state index in [0.29, 0.717) is 22.0 Å². The molecule has 12 heteroatoms. The van der Waals surface area contributed by atoms with Crippen molar-refractivity contribution in [2.75, 3.05) is 5.32 Å². The zero-order chi connectivity index (χ0) is 21.5. The van der Waals surface area contributed by atoms with Gasteiger partial charge in [0.15, 0.2) is 5.65 Å². The molecule has 0 bridgehead atoms. The van der Waals surface area contributed by atoms with Crippen molar-refractivity contribution < 1.29 is 9.50 Å². The zero-order valence-corrected chi connectivity index (χ0v) is 16.7. The first-order valence-corrected chi connectivity index (χ1v) is 9.85. The maximum Gasteiger partial charge on any atom is 0.326 e. The van der Waals surface area contributed by atoms with Crippen molar-refractivity contribution in [3.63, 3.8) is 0 Å². The van der Waals surface area contributed by atoms with Gasteiger partial charge in [-0.1, -0.05) is 23.7 Å². The minimum absolute atomic E-state index is 0.0353. The molecule has 4 aromatic rings. The third kappa shape index (κ3) is 3.87. The Morgan fingerprint density at radius 1 is 1.35 bits per heavy atom. The van der Waals surface area contributed by atoms with Crippen molar-refractivity contribution in [3.05, 3.63) is 67.8 Å². The summed E-state index contributed by atoms with van der Waals surface area (Å²) in [4.78, 5) is 29.6. The number of aromatic amines is 2. The monoisotopic (exact) mass is 442 g/mol. The molecular formula is C19H16ClFN8O2. The Bertz CT molecular complexity index is 1470. The highest BCUT2D eigenvalue weighted by Gasteiger charge is 2.21. The third-order valence-corrected chi connectivity index (χ3v) is 5.02. The maximum atomic E-state index is 14.2. The number of aromatic hydroxyl groups is 1. The molecule has 1 aromatic carbocycles. The fourth-order valence-electron chi connectivity index (χ4n) is 3.02. The van der Waals surface area contributed by atoms with Gasteiger partial charge >= 0.3 is 5.69 Å². The van der Waals surface area contributed by atoms with Crippen molar-refractivity contribution in [1.29, 1.82) is 0 Å². The predicted octanol–water partition coefficient (Wildman–Crippen LogP) is 0.862. The number of nitrogens with zero attached hydrogens (tertiary/aromatic N) is 5. The van der Waals surface area contributed by atoms with E-state index in [0.717, 1.165) is 12.8 Å². The highest BCUT2D eigenvalue weighted by Crippen LogP contribution is 2.22. The van der Waals surface area contributed by atoms with Crippen LogP contribution in [0.2, 0.25) is 5.02 Å². The van der Waals surface area contributed by atoms with Crippen molar-refractivity contribution in [1.82, 2.24) is 29.5 Å². The molecule has 3 heterocycles. The molecule has 1 aliphatic rings. The molecular weight excluding hydrogens is 427 g/mol. The van der Waals surface area contributed by atoms with Gasteiger partial charge in [-0.25, -0.2) is 14.2 Å². The number of fused-ring (bicyclic) bond motifs is 1. The van der Waals surface area contributed by atoms with Crippen LogP contribution in [0.3, 0.4) is 0 Å². The lowest BCUT2D eigenvalue weighted by atomic mass is 10.2. The van der Waals surface area contributed by atoms with Crippen LogP contribution in [0.15, 0.2) is 34.2 Å². The Hall–Kier alpha value is -3.73. The maximum absolute atomic E-state index is 14.2. The van der Waals surface area contributed by atoms with Crippen LogP contribution in [-0.4, -0.2) is 40.7 Å². The summed E-state index contributed by atoms with van der Waals surface area (Å²) in [5, 5.41) is 17.7. The summed E-state index contributed by atoms with van der Waals surface area (Å²) < 4.78 is 15.7. The van der Waals surface area contributed by atoms with Gasteiger partial charge in [-0.3, -0.25) is 4.98 Å². The van der Waals surface area contributed by atoms with E-state index < -0.39 is 11.5 Å². The van der Waals surface area contributed by atoms with Crippen molar-refractivity contribution in [2.45, 2.75) is 25.4 Å². The molecule has 0 atom stereocenters. The van der Waals surface area contributed by atoms with E-state index in [1.165, 1.54) is 22.9 Å². The van der Waals surface area contributed by atoms with Gasteiger partial charge in [0.1, 0.15) is 11.5 Å². The average molecular weight is 443 g/mol. The second kappa shape index (κ2) is 7.51. The van der Waals surface area contributed by atoms with Crippen LogP contribution in [0.25, 0.3) is 11.7 Å². The van der Waals surface area contributed by atoms with Crippen molar-refractivity contribution >= 4 is 29.3 Å². The lowest BCUT2D eigenvalue weighted by molar-refractivity contribution is 0.454. The summed E-state index contributed by atoms with van der Waals surface area (Å²) in [6.07, 6.45) is 5.01. The highest BCUT2D eigenvalue weighted by molar-refractivity contribution is 6.30. The van der Waals surface area contributed by atoms with Crippen LogP contribution in [0.5, 0.6) is 5.88 Å². The summed E-state index contributed by atoms with van der Waals surface area (Å²) in [6, 6.07) is 4.93. The Kier molecular flexibility index (Phi) is 4.66. The van der Waals surface area contributed by atoms with Gasteiger partial charge in [0, 0.05) is 17.3 Å². The van der Waals surface area contributed by atoms with Crippen molar-refractivity contribution in [3.8, 4) is 5.88 Å². The normalized spacial score (nSPS) is 15.2. The fraction of sp³-hybridized carbons (Fsp3) is 0.211. The Balaban J connectivity index is 1.59. The lowest BCUT2D eigenvalue weighted by Gasteiger charge is -2.07. The van der Waals surface area contributed by atoms with Crippen LogP contribution in [-0.2, 0) is 6.54 Å². The Morgan fingerprint density at radius 2 is 2.19 bits per heavy atom. The standard InChI is InChI=1S/C19H16ClFN8O2/c20-12-3-1-2-9(14(12)21)7-22-17-26-15-10(6-13-16(30)27-19(31)25-13)8-23-29(15)18(28-17)24-11-4-5-11/h1-3,6,8,11,30H,4-5,7H2,(H,22,24,28)(H2,25,27,31). The van der Waals surface area contributed by atoms with Gasteiger partial charge in [-0.05, 0) is 25.0 Å². The largest absolute Gasteiger partial charge is 0.493 e. The number of hydrogen-bond acceptors (Lipinski definition) is 7. The molecule has 1 fully saturated rings. The molecule has 31 heavy (non-hydrogen) atoms. The first-order valence-electron chi connectivity index (χ1n) is 9.47. The molecule has 5 rings (SSSR count). The smallest absolute Gasteiger partial charge is 0.326 e. The van der Waals surface area contributed by atoms with Gasteiger partial charge in [-0.2, -0.15) is 19.6 Å². The van der Waals surface area contributed by atoms with E-state index in [1.54, 1.807) is 12.1 Å².